The Morgan fingerprint density at radius 2 is 1.63 bits per heavy atom. The molecule has 0 spiro atoms. The van der Waals surface area contributed by atoms with Crippen molar-refractivity contribution in [2.24, 2.45) is 7.05 Å². The SMILES string of the molecule is Cc1c(-c2cccc3c(CCCOc4cccc5ccccc45)c(C(=O)OC(C)(C)C)n(CCN4CCN(C)CC4)c23)c(COc2ccc(Br)c(C=O)c2)nn1C. The molecule has 0 N–H and O–H groups in total. The Morgan fingerprint density at radius 3 is 2.40 bits per heavy atom. The van der Waals surface area contributed by atoms with E-state index in [1.807, 2.05) is 68.9 Å². The van der Waals surface area contributed by atoms with E-state index in [-0.39, 0.29) is 12.6 Å². The summed E-state index contributed by atoms with van der Waals surface area (Å²) < 4.78 is 23.7. The van der Waals surface area contributed by atoms with Gasteiger partial charge in [-0.2, -0.15) is 5.10 Å². The number of rotatable bonds is 14. The Bertz CT molecular complexity index is 2400. The minimum atomic E-state index is -0.686. The lowest BCUT2D eigenvalue weighted by molar-refractivity contribution is 0.00559. The van der Waals surface area contributed by atoms with Crippen molar-refractivity contribution in [1.29, 1.82) is 0 Å². The number of carbonyl (C=O) groups excluding carboxylic acids is 2. The van der Waals surface area contributed by atoms with Gasteiger partial charge in [-0.15, -0.1) is 0 Å². The monoisotopic (exact) mass is 833 g/mol. The van der Waals surface area contributed by atoms with Gasteiger partial charge in [0.2, 0.25) is 0 Å². The second-order valence-electron chi connectivity index (χ2n) is 15.9. The molecule has 0 unspecified atom stereocenters. The summed E-state index contributed by atoms with van der Waals surface area (Å²) in [7, 11) is 4.10. The molecule has 4 aromatic carbocycles. The van der Waals surface area contributed by atoms with Gasteiger partial charge < -0.3 is 23.7 Å². The van der Waals surface area contributed by atoms with Crippen molar-refractivity contribution < 1.29 is 23.8 Å². The molecule has 1 aliphatic rings. The van der Waals surface area contributed by atoms with Crippen LogP contribution in [0.3, 0.4) is 0 Å². The van der Waals surface area contributed by atoms with E-state index < -0.39 is 5.60 Å². The third kappa shape index (κ3) is 8.96. The molecule has 57 heavy (non-hydrogen) atoms. The number of carbonyl (C=O) groups is 2. The van der Waals surface area contributed by atoms with Gasteiger partial charge in [0.1, 0.15) is 35.1 Å². The summed E-state index contributed by atoms with van der Waals surface area (Å²) in [5, 5.41) is 8.16. The van der Waals surface area contributed by atoms with Gasteiger partial charge in [0.25, 0.3) is 0 Å². The van der Waals surface area contributed by atoms with E-state index in [2.05, 4.69) is 80.7 Å². The van der Waals surface area contributed by atoms with Crippen LogP contribution in [-0.2, 0) is 31.4 Å². The van der Waals surface area contributed by atoms with Crippen LogP contribution in [0.1, 0.15) is 65.0 Å². The van der Waals surface area contributed by atoms with Crippen molar-refractivity contribution in [2.45, 2.75) is 59.3 Å². The smallest absolute Gasteiger partial charge is 0.355 e. The molecular formula is C46H52BrN5O5. The molecule has 2 aromatic heterocycles. The zero-order valence-corrected chi connectivity index (χ0v) is 35.4. The molecule has 0 bridgehead atoms. The molecular weight excluding hydrogens is 782 g/mol. The average Bonchev–Trinajstić information content (AvgIpc) is 3.67. The summed E-state index contributed by atoms with van der Waals surface area (Å²) in [4.78, 5) is 31.0. The summed E-state index contributed by atoms with van der Waals surface area (Å²) in [6.07, 6.45) is 2.12. The van der Waals surface area contributed by atoms with Crippen LogP contribution in [0, 0.1) is 6.92 Å². The van der Waals surface area contributed by atoms with Gasteiger partial charge in [0.15, 0.2) is 6.29 Å². The van der Waals surface area contributed by atoms with Crippen molar-refractivity contribution >= 4 is 49.9 Å². The average molecular weight is 835 g/mol. The summed E-state index contributed by atoms with van der Waals surface area (Å²) >= 11 is 3.43. The number of nitrogens with zero attached hydrogens (tertiary/aromatic N) is 5. The standard InChI is InChI=1S/C46H52BrN5O5/c1-31-42(40(48-50(31)6)30-56-34-19-20-39(47)33(28-34)29-53)38-16-10-15-36-37(17-11-27-55-41-18-9-13-32-12-7-8-14-35(32)41)44(45(54)57-46(2,3)4)52(43(36)38)26-25-51-23-21-49(5)22-24-51/h7-10,12-16,18-20,28-29H,11,17,21-27,30H2,1-6H3. The minimum absolute atomic E-state index is 0.187. The van der Waals surface area contributed by atoms with E-state index >= 15 is 0 Å². The lowest BCUT2D eigenvalue weighted by Gasteiger charge is -2.32. The maximum Gasteiger partial charge on any atom is 0.355 e. The first-order valence-corrected chi connectivity index (χ1v) is 20.5. The Kier molecular flexibility index (Phi) is 12.2. The number of hydrogen-bond donors (Lipinski definition) is 0. The van der Waals surface area contributed by atoms with Gasteiger partial charge in [-0.3, -0.25) is 14.4 Å². The second kappa shape index (κ2) is 17.3. The van der Waals surface area contributed by atoms with Crippen LogP contribution < -0.4 is 9.47 Å². The highest BCUT2D eigenvalue weighted by Gasteiger charge is 2.30. The fraction of sp³-hybridized carbons (Fsp3) is 0.370. The molecule has 0 aliphatic carbocycles. The minimum Gasteiger partial charge on any atom is -0.493 e. The molecule has 1 aliphatic heterocycles. The van der Waals surface area contributed by atoms with Crippen LogP contribution >= 0.6 is 15.9 Å². The molecule has 0 atom stereocenters. The van der Waals surface area contributed by atoms with E-state index in [9.17, 15) is 9.59 Å². The van der Waals surface area contributed by atoms with Crippen molar-refractivity contribution in [1.82, 2.24) is 24.1 Å². The molecule has 0 radical (unpaired) electrons. The van der Waals surface area contributed by atoms with E-state index in [1.165, 1.54) is 0 Å². The highest BCUT2D eigenvalue weighted by Crippen LogP contribution is 2.39. The highest BCUT2D eigenvalue weighted by molar-refractivity contribution is 9.10. The second-order valence-corrected chi connectivity index (χ2v) is 16.7. The van der Waals surface area contributed by atoms with Crippen molar-refractivity contribution in [3.8, 4) is 22.6 Å². The first-order valence-electron chi connectivity index (χ1n) is 19.7. The number of piperazine rings is 1. The zero-order valence-electron chi connectivity index (χ0n) is 33.8. The lowest BCUT2D eigenvalue weighted by atomic mass is 9.98. The van der Waals surface area contributed by atoms with Crippen molar-refractivity contribution in [3.63, 3.8) is 0 Å². The van der Waals surface area contributed by atoms with Crippen LogP contribution in [0.4, 0.5) is 0 Å². The number of aldehydes is 1. The van der Waals surface area contributed by atoms with Gasteiger partial charge in [-0.1, -0.05) is 70.5 Å². The van der Waals surface area contributed by atoms with Crippen LogP contribution in [0.2, 0.25) is 0 Å². The number of halogens is 1. The maximum absolute atomic E-state index is 14.5. The fourth-order valence-corrected chi connectivity index (χ4v) is 8.11. The van der Waals surface area contributed by atoms with Crippen LogP contribution in [0.15, 0.2) is 83.3 Å². The van der Waals surface area contributed by atoms with E-state index in [1.54, 1.807) is 6.07 Å². The van der Waals surface area contributed by atoms with E-state index in [0.717, 1.165) is 94.5 Å². The van der Waals surface area contributed by atoms with Crippen LogP contribution in [0.25, 0.3) is 32.8 Å². The Hall–Kier alpha value is -4.97. The first-order chi connectivity index (χ1) is 27.4. The molecule has 1 fully saturated rings. The molecule has 0 amide bonds. The number of para-hydroxylation sites is 1. The Balaban J connectivity index is 1.31. The quantitative estimate of drug-likeness (QED) is 0.0611. The molecule has 298 valence electrons. The molecule has 10 nitrogen and oxygen atoms in total. The molecule has 6 aromatic rings. The molecule has 11 heteroatoms. The number of likely N-dealkylation sites (N-methyl/N-ethyl adjacent to an activating group) is 1. The van der Waals surface area contributed by atoms with Crippen LogP contribution in [0.5, 0.6) is 11.5 Å². The first kappa shape index (κ1) is 40.2. The highest BCUT2D eigenvalue weighted by atomic mass is 79.9. The summed E-state index contributed by atoms with van der Waals surface area (Å²) in [6, 6.07) is 26.1. The number of aromatic nitrogens is 3. The van der Waals surface area contributed by atoms with Crippen molar-refractivity contribution in [3.05, 3.63) is 112 Å². The lowest BCUT2D eigenvalue weighted by Crippen LogP contribution is -2.45. The third-order valence-corrected chi connectivity index (χ3v) is 11.5. The summed E-state index contributed by atoms with van der Waals surface area (Å²) in [5.41, 5.74) is 6.00. The topological polar surface area (TPSA) is 91.1 Å². The molecule has 7 rings (SSSR count). The Labute approximate surface area is 343 Å². The molecule has 1 saturated heterocycles. The van der Waals surface area contributed by atoms with Gasteiger partial charge in [0, 0.05) is 83.9 Å². The number of fused-ring (bicyclic) bond motifs is 2. The van der Waals surface area contributed by atoms with Gasteiger partial charge in [-0.05, 0) is 82.8 Å². The number of hydrogen-bond acceptors (Lipinski definition) is 8. The fourth-order valence-electron chi connectivity index (χ4n) is 7.77. The molecule has 0 saturated carbocycles. The zero-order chi connectivity index (χ0) is 40.3. The summed E-state index contributed by atoms with van der Waals surface area (Å²) in [6.45, 7) is 13.8. The summed E-state index contributed by atoms with van der Waals surface area (Å²) in [5.74, 6) is 1.09. The normalized spacial score (nSPS) is 14.0. The van der Waals surface area contributed by atoms with E-state index in [0.29, 0.717) is 47.5 Å². The number of aryl methyl sites for hydroxylation is 2. The Morgan fingerprint density at radius 1 is 0.895 bits per heavy atom. The molecule has 3 heterocycles. The van der Waals surface area contributed by atoms with Gasteiger partial charge >= 0.3 is 5.97 Å². The largest absolute Gasteiger partial charge is 0.493 e. The van der Waals surface area contributed by atoms with Crippen LogP contribution in [-0.4, -0.2) is 88.4 Å². The predicted molar refractivity (Wildman–Crippen MR) is 230 cm³/mol. The maximum atomic E-state index is 14.5. The third-order valence-electron chi connectivity index (χ3n) is 10.7. The predicted octanol–water partition coefficient (Wildman–Crippen LogP) is 8.87. The van der Waals surface area contributed by atoms with Gasteiger partial charge in [0.05, 0.1) is 12.1 Å². The number of ether oxygens (including phenoxy) is 3. The van der Waals surface area contributed by atoms with Gasteiger partial charge in [-0.25, -0.2) is 4.79 Å². The number of esters is 1. The van der Waals surface area contributed by atoms with E-state index in [4.69, 9.17) is 19.3 Å². The van der Waals surface area contributed by atoms with Crippen molar-refractivity contribution in [2.75, 3.05) is 46.4 Å². The number of benzene rings is 4.